The maximum Gasteiger partial charge on any atom is 0.251 e. The van der Waals surface area contributed by atoms with Crippen molar-refractivity contribution in [3.63, 3.8) is 0 Å². The van der Waals surface area contributed by atoms with Crippen LogP contribution < -0.4 is 21.3 Å². The summed E-state index contributed by atoms with van der Waals surface area (Å²) < 4.78 is 95.6. The van der Waals surface area contributed by atoms with Gasteiger partial charge in [-0.1, -0.05) is 38.1 Å². The maximum atomic E-state index is 14.5. The normalized spacial score (nSPS) is 43.0. The smallest absolute Gasteiger partial charge is 0.251 e. The molecular weight excluding hydrogens is 1800 g/mol. The van der Waals surface area contributed by atoms with E-state index >= 15 is 0 Å². The lowest BCUT2D eigenvalue weighted by Gasteiger charge is -2.50. The number of hydrogen-bond acceptors (Lipinski definition) is 48. The van der Waals surface area contributed by atoms with Gasteiger partial charge in [-0.25, -0.2) is 0 Å². The Kier molecular flexibility index (Phi) is 39.7. The Bertz CT molecular complexity index is 3920. The molecule has 52 nitrogen and oxygen atoms in total. The van der Waals surface area contributed by atoms with E-state index in [0.717, 1.165) is 7.11 Å². The van der Waals surface area contributed by atoms with Crippen LogP contribution in [0.5, 0.6) is 0 Å². The summed E-state index contributed by atoms with van der Waals surface area (Å²) in [5.41, 5.74) is 0.124. The standard InChI is InChI=1S/C81H128N4O48/c1-27-16-29(18-36(119-78-66(56(106)49(99)41(23-90)124-78)130-74(118-3)60(110)45(95)35(94)10-15-86)64(27)128-80-68(58(108)51(101)43(25-92)126-80)132-76-62(112)54(104)47(97)39(21-88)122-76)70(114)82-11-13-84-72(116)33-8-9-34(32-7-5-4-6-31(32)33)73(117)85-14-12-83-71(115)30-17-28(2)65(129-81-69(59(109)52(102)44(26-93)127-81)133-77-63(113)55(105)48(98)40(22-89)123-77)37(19-30)120-79-67(57(107)50(100)42(24-91)125-79)131-75-61(111)53(103)46(96)38(20-87)121-75/h4-9,27-30,35-69,74-81,86-113H,10-26H2,1-3H3,(H,82,114)(H,83,115)(H,84,116)(H,85,117)/t27?,28?,29?,30?,35-,36-,37-,38?,39?,40?,41?,42?,43?,44?,45?,46-,47-,48-,49-,50-,51-,52-,53?,54?,55?,56?,57?,58?,59?,60?,61?,62?,63?,64?,65?,66?,67?,68?,69?,74-,75-,76-,77-,78+,79+,80-,81-/m1/s1. The van der Waals surface area contributed by atoms with Crippen molar-refractivity contribution in [2.75, 3.05) is 86.1 Å². The van der Waals surface area contributed by atoms with Crippen LogP contribution in [0.25, 0.3) is 10.8 Å². The molecule has 7 saturated heterocycles. The maximum absolute atomic E-state index is 14.5. The van der Waals surface area contributed by atoms with E-state index in [1.807, 2.05) is 0 Å². The third-order valence-corrected chi connectivity index (χ3v) is 25.7. The number of aliphatic hydroxyl groups is 28. The van der Waals surface area contributed by atoms with Crippen LogP contribution >= 0.6 is 0 Å². The van der Waals surface area contributed by atoms with Crippen LogP contribution in [0.4, 0.5) is 0 Å². The molecule has 0 spiro atoms. The second-order valence-corrected chi connectivity index (χ2v) is 34.6. The summed E-state index contributed by atoms with van der Waals surface area (Å²) in [6.45, 7) is -5.13. The molecule has 0 aromatic heterocycles. The highest BCUT2D eigenvalue weighted by molar-refractivity contribution is 6.14. The topological polar surface area (TPSA) is 831 Å². The van der Waals surface area contributed by atoms with Gasteiger partial charge in [0.1, 0.15) is 183 Å². The van der Waals surface area contributed by atoms with Gasteiger partial charge in [0, 0.05) is 62.9 Å². The Balaban J connectivity index is 0.763. The first-order valence-corrected chi connectivity index (χ1v) is 43.8. The number of aliphatic hydroxyl groups excluding tert-OH is 28. The summed E-state index contributed by atoms with van der Waals surface area (Å²) >= 11 is 0. The van der Waals surface area contributed by atoms with Gasteiger partial charge in [-0.2, -0.15) is 0 Å². The molecule has 29 unspecified atom stereocenters. The molecular formula is C81H128N4O48. The number of carbonyl (C=O) groups is 4. The van der Waals surface area contributed by atoms with Crippen LogP contribution in [0.3, 0.4) is 0 Å². The van der Waals surface area contributed by atoms with Crippen LogP contribution in [0.1, 0.15) is 66.7 Å². The van der Waals surface area contributed by atoms with Crippen molar-refractivity contribution in [1.29, 1.82) is 0 Å². The predicted octanol–water partition coefficient (Wildman–Crippen LogP) is -16.7. The van der Waals surface area contributed by atoms with Gasteiger partial charge in [0.25, 0.3) is 11.8 Å². The van der Waals surface area contributed by atoms with Crippen LogP contribution in [0.2, 0.25) is 0 Å². The molecule has 2 aliphatic carbocycles. The number of benzene rings is 2. The van der Waals surface area contributed by atoms with E-state index in [0.29, 0.717) is 0 Å². The van der Waals surface area contributed by atoms with Crippen molar-refractivity contribution in [2.24, 2.45) is 23.7 Å². The summed E-state index contributed by atoms with van der Waals surface area (Å²) in [7, 11) is 0.991. The number of fused-ring (bicyclic) bond motifs is 1. The minimum atomic E-state index is -2.15. The molecule has 2 aromatic carbocycles. The fourth-order valence-electron chi connectivity index (χ4n) is 18.0. The Morgan fingerprint density at radius 1 is 0.338 bits per heavy atom. The van der Waals surface area contributed by atoms with Crippen molar-refractivity contribution in [2.45, 2.75) is 310 Å². The van der Waals surface area contributed by atoms with Crippen molar-refractivity contribution in [3.05, 3.63) is 47.5 Å². The van der Waals surface area contributed by atoms with Crippen molar-refractivity contribution in [1.82, 2.24) is 21.3 Å². The molecule has 760 valence electrons. The highest BCUT2D eigenvalue weighted by Crippen LogP contribution is 2.44. The Morgan fingerprint density at radius 3 is 0.925 bits per heavy atom. The molecule has 133 heavy (non-hydrogen) atoms. The van der Waals surface area contributed by atoms with Crippen LogP contribution in [0.15, 0.2) is 36.4 Å². The highest BCUT2D eigenvalue weighted by Gasteiger charge is 2.60. The molecule has 32 N–H and O–H groups in total. The fraction of sp³-hybridized carbons (Fsp3) is 0.827. The second kappa shape index (κ2) is 48.8. The van der Waals surface area contributed by atoms with Gasteiger partial charge in [-0.3, -0.25) is 19.2 Å². The molecule has 47 atom stereocenters. The summed E-state index contributed by atoms with van der Waals surface area (Å²) in [5, 5.41) is 313. The van der Waals surface area contributed by atoms with Gasteiger partial charge >= 0.3 is 0 Å². The lowest BCUT2D eigenvalue weighted by atomic mass is 9.77. The average molecular weight is 1930 g/mol. The lowest BCUT2D eigenvalue weighted by Crippen LogP contribution is -2.66. The zero-order valence-electron chi connectivity index (χ0n) is 72.3. The van der Waals surface area contributed by atoms with Crippen LogP contribution in [-0.4, -0.2) is 517 Å². The summed E-state index contributed by atoms with van der Waals surface area (Å²) in [6.07, 6.45) is -82.5. The number of carbonyl (C=O) groups excluding carboxylic acids is 4. The Morgan fingerprint density at radius 2 is 0.617 bits per heavy atom. The molecule has 7 aliphatic heterocycles. The summed E-state index contributed by atoms with van der Waals surface area (Å²) in [4.78, 5) is 57.4. The number of hydrogen-bond donors (Lipinski definition) is 32. The zero-order valence-corrected chi connectivity index (χ0v) is 72.3. The molecule has 9 fully saturated rings. The minimum Gasteiger partial charge on any atom is -0.396 e. The molecule has 2 aromatic rings. The second-order valence-electron chi connectivity index (χ2n) is 34.6. The van der Waals surface area contributed by atoms with Gasteiger partial charge in [0.05, 0.1) is 76.8 Å². The average Bonchev–Trinajstić information content (AvgIpc) is 0.768. The van der Waals surface area contributed by atoms with Gasteiger partial charge in [0.15, 0.2) is 50.3 Å². The first-order chi connectivity index (χ1) is 63.3. The Hall–Kier alpha value is -5.18. The molecule has 2 saturated carbocycles. The van der Waals surface area contributed by atoms with Crippen molar-refractivity contribution >= 4 is 34.4 Å². The molecule has 9 aliphatic rings. The summed E-state index contributed by atoms with van der Waals surface area (Å²) in [6, 6.07) is 9.03. The Labute approximate surface area is 758 Å². The van der Waals surface area contributed by atoms with Gasteiger partial charge in [0.2, 0.25) is 11.8 Å². The van der Waals surface area contributed by atoms with E-state index in [2.05, 4.69) is 21.3 Å². The molecule has 0 bridgehead atoms. The quantitative estimate of drug-likeness (QED) is 0.0218. The van der Waals surface area contributed by atoms with E-state index in [1.165, 1.54) is 12.1 Å². The highest BCUT2D eigenvalue weighted by atomic mass is 16.8. The molecule has 0 radical (unpaired) electrons. The van der Waals surface area contributed by atoms with Crippen molar-refractivity contribution in [3.8, 4) is 0 Å². The van der Waals surface area contributed by atoms with Crippen LogP contribution in [-0.2, 0) is 85.4 Å². The van der Waals surface area contributed by atoms with E-state index in [-0.39, 0.29) is 60.9 Å². The third-order valence-electron chi connectivity index (χ3n) is 25.7. The van der Waals surface area contributed by atoms with Crippen LogP contribution in [0, 0.1) is 23.7 Å². The number of methoxy groups -OCH3 is 1. The van der Waals surface area contributed by atoms with E-state index in [1.54, 1.807) is 38.1 Å². The van der Waals surface area contributed by atoms with Gasteiger partial charge < -0.3 is 240 Å². The zero-order chi connectivity index (χ0) is 97.2. The minimum absolute atomic E-state index is 0.0617. The SMILES string of the molecule is CO[C@H](OC1C(O)[C@H](O)C(CO)O[C@@H]1O[C@@H]1CC(C(=O)NCCNC(=O)c2ccc(C(=O)NCCNC(=O)C3CC(C)C(O[C@H]4OC(CO)[C@@H](O)C(O)C4O[C@H]4OC(CO)[C@@H](O)C(O)C4O)[C@H](O[C@H]4OC(CO)[C@@H](O)C(O)C4O[C@H]4OC(CO)[C@@H](O)C(O)C4O)C3)c3ccccc23)CC(C)C1O[C@H]1OC(CO)[C@@H](O)C(O)C1O[C@H]1OC(CO)[C@@H](O)C(O)C1O)C(O)C(O)[C@H](O)CCO. The number of nitrogens with one attached hydrogen (secondary N) is 4. The molecule has 7 heterocycles. The fourth-order valence-corrected chi connectivity index (χ4v) is 18.0. The number of rotatable bonds is 39. The summed E-state index contributed by atoms with van der Waals surface area (Å²) in [5.74, 6) is -6.72. The van der Waals surface area contributed by atoms with E-state index in [4.69, 9.17) is 75.8 Å². The lowest BCUT2D eigenvalue weighted by molar-refractivity contribution is -0.389. The van der Waals surface area contributed by atoms with E-state index in [9.17, 15) is 162 Å². The van der Waals surface area contributed by atoms with Gasteiger partial charge in [-0.05, 0) is 66.8 Å². The monoisotopic (exact) mass is 1920 g/mol. The largest absolute Gasteiger partial charge is 0.396 e. The first kappa shape index (κ1) is 108. The molecule has 4 amide bonds. The number of ether oxygens (including phenoxy) is 16. The predicted molar refractivity (Wildman–Crippen MR) is 430 cm³/mol. The first-order valence-electron chi connectivity index (χ1n) is 43.8. The van der Waals surface area contributed by atoms with Crippen molar-refractivity contribution < 1.29 is 238 Å². The number of amides is 4. The van der Waals surface area contributed by atoms with Gasteiger partial charge in [-0.15, -0.1) is 0 Å². The molecule has 11 rings (SSSR count). The molecule has 52 heteroatoms. The van der Waals surface area contributed by atoms with E-state index < -0.39 is 383 Å². The third kappa shape index (κ3) is 24.5.